The highest BCUT2D eigenvalue weighted by molar-refractivity contribution is 5.88. The molecule has 36 heavy (non-hydrogen) atoms. The number of benzene rings is 3. The summed E-state index contributed by atoms with van der Waals surface area (Å²) in [5, 5.41) is 3.02. The minimum atomic E-state index is -0.608. The van der Waals surface area contributed by atoms with Crippen molar-refractivity contribution in [3.63, 3.8) is 0 Å². The Hall–Kier alpha value is -3.80. The smallest absolute Gasteiger partial charge is 0.243 e. The topological polar surface area (TPSA) is 67.9 Å². The Morgan fingerprint density at radius 3 is 2.47 bits per heavy atom. The molecule has 0 aromatic heterocycles. The van der Waals surface area contributed by atoms with Crippen molar-refractivity contribution >= 4 is 11.8 Å². The van der Waals surface area contributed by atoms with Crippen molar-refractivity contribution in [2.45, 2.75) is 52.1 Å². The molecule has 6 nitrogen and oxygen atoms in total. The van der Waals surface area contributed by atoms with Crippen molar-refractivity contribution in [1.29, 1.82) is 0 Å². The summed E-state index contributed by atoms with van der Waals surface area (Å²) in [5.41, 5.74) is 4.15. The predicted octanol–water partition coefficient (Wildman–Crippen LogP) is 4.82. The zero-order chi connectivity index (χ0) is 25.3. The highest BCUT2D eigenvalue weighted by Crippen LogP contribution is 2.33. The first-order chi connectivity index (χ1) is 17.5. The van der Waals surface area contributed by atoms with E-state index in [1.165, 1.54) is 0 Å². The van der Waals surface area contributed by atoms with E-state index in [0.717, 1.165) is 34.4 Å². The maximum Gasteiger partial charge on any atom is 0.243 e. The number of hydrogen-bond acceptors (Lipinski definition) is 4. The maximum absolute atomic E-state index is 13.7. The van der Waals surface area contributed by atoms with Crippen LogP contribution in [-0.4, -0.2) is 36.1 Å². The summed E-state index contributed by atoms with van der Waals surface area (Å²) in [6.07, 6.45) is 2.13. The molecular formula is C30H34N2O4. The predicted molar refractivity (Wildman–Crippen MR) is 140 cm³/mol. The number of fused-ring (bicyclic) bond motifs is 1. The molecule has 0 radical (unpaired) electrons. The van der Waals surface area contributed by atoms with E-state index >= 15 is 0 Å². The van der Waals surface area contributed by atoms with Gasteiger partial charge in [0.05, 0.1) is 0 Å². The first-order valence-electron chi connectivity index (χ1n) is 12.6. The lowest BCUT2D eigenvalue weighted by atomic mass is 10.0. The fourth-order valence-electron chi connectivity index (χ4n) is 4.42. The summed E-state index contributed by atoms with van der Waals surface area (Å²) in [6.45, 7) is 5.22. The molecule has 0 saturated heterocycles. The molecule has 1 aliphatic heterocycles. The minimum absolute atomic E-state index is 0.0539. The number of rotatable bonds is 11. The van der Waals surface area contributed by atoms with Crippen LogP contribution in [0, 0.1) is 6.92 Å². The molecule has 3 aromatic carbocycles. The Morgan fingerprint density at radius 1 is 0.917 bits per heavy atom. The number of nitrogens with one attached hydrogen (secondary N) is 1. The molecule has 4 rings (SSSR count). The van der Waals surface area contributed by atoms with Crippen LogP contribution in [0.2, 0.25) is 0 Å². The van der Waals surface area contributed by atoms with Crippen LogP contribution in [-0.2, 0) is 29.0 Å². The third-order valence-electron chi connectivity index (χ3n) is 6.32. The molecule has 188 valence electrons. The second-order valence-electron chi connectivity index (χ2n) is 9.19. The first kappa shape index (κ1) is 25.3. The summed E-state index contributed by atoms with van der Waals surface area (Å²) in [6, 6.07) is 23.1. The molecule has 1 aliphatic rings. The third-order valence-corrected chi connectivity index (χ3v) is 6.32. The van der Waals surface area contributed by atoms with E-state index in [2.05, 4.69) is 11.4 Å². The molecule has 0 bridgehead atoms. The molecule has 0 saturated carbocycles. The number of carbonyl (C=O) groups is 2. The van der Waals surface area contributed by atoms with Crippen LogP contribution in [0.1, 0.15) is 42.0 Å². The summed E-state index contributed by atoms with van der Waals surface area (Å²) >= 11 is 0. The van der Waals surface area contributed by atoms with Gasteiger partial charge in [-0.1, -0.05) is 73.2 Å². The molecule has 0 unspecified atom stereocenters. The molecule has 3 aromatic rings. The second-order valence-corrected chi connectivity index (χ2v) is 9.19. The molecule has 1 N–H and O–H groups in total. The van der Waals surface area contributed by atoms with Crippen LogP contribution in [0.5, 0.6) is 11.5 Å². The van der Waals surface area contributed by atoms with E-state index < -0.39 is 6.04 Å². The zero-order valence-electron chi connectivity index (χ0n) is 21.0. The lowest BCUT2D eigenvalue weighted by molar-refractivity contribution is -0.141. The van der Waals surface area contributed by atoms with Gasteiger partial charge in [0, 0.05) is 25.9 Å². The number of carbonyl (C=O) groups excluding carboxylic acids is 2. The van der Waals surface area contributed by atoms with Crippen molar-refractivity contribution < 1.29 is 19.1 Å². The minimum Gasteiger partial charge on any atom is -0.454 e. The van der Waals surface area contributed by atoms with Crippen molar-refractivity contribution in [1.82, 2.24) is 10.2 Å². The Balaban J connectivity index is 1.58. The number of amides is 2. The van der Waals surface area contributed by atoms with Gasteiger partial charge in [0.2, 0.25) is 18.6 Å². The van der Waals surface area contributed by atoms with Crippen LogP contribution >= 0.6 is 0 Å². The number of hydrogen-bond donors (Lipinski definition) is 1. The van der Waals surface area contributed by atoms with Gasteiger partial charge in [0.25, 0.3) is 0 Å². The van der Waals surface area contributed by atoms with Gasteiger partial charge in [-0.15, -0.1) is 0 Å². The van der Waals surface area contributed by atoms with Crippen LogP contribution < -0.4 is 14.8 Å². The molecular weight excluding hydrogens is 452 g/mol. The Kier molecular flexibility index (Phi) is 8.61. The van der Waals surface area contributed by atoms with Gasteiger partial charge in [0.15, 0.2) is 11.5 Å². The monoisotopic (exact) mass is 486 g/mol. The van der Waals surface area contributed by atoms with Crippen molar-refractivity contribution in [2.75, 3.05) is 13.3 Å². The van der Waals surface area contributed by atoms with Crippen LogP contribution in [0.4, 0.5) is 0 Å². The Morgan fingerprint density at radius 2 is 1.69 bits per heavy atom. The lowest BCUT2D eigenvalue weighted by Crippen LogP contribution is -2.50. The van der Waals surface area contributed by atoms with Gasteiger partial charge in [-0.25, -0.2) is 0 Å². The van der Waals surface area contributed by atoms with Gasteiger partial charge in [-0.05, 0) is 48.6 Å². The fraction of sp³-hybridized carbons (Fsp3) is 0.333. The molecule has 2 amide bonds. The Labute approximate surface area is 213 Å². The van der Waals surface area contributed by atoms with E-state index in [-0.39, 0.29) is 25.0 Å². The van der Waals surface area contributed by atoms with Crippen LogP contribution in [0.15, 0.2) is 72.8 Å². The molecule has 0 aliphatic carbocycles. The van der Waals surface area contributed by atoms with Gasteiger partial charge in [-0.2, -0.15) is 0 Å². The van der Waals surface area contributed by atoms with E-state index in [9.17, 15) is 9.59 Å². The van der Waals surface area contributed by atoms with E-state index in [0.29, 0.717) is 31.7 Å². The maximum atomic E-state index is 13.7. The molecule has 1 atom stereocenters. The fourth-order valence-corrected chi connectivity index (χ4v) is 4.42. The van der Waals surface area contributed by atoms with Crippen LogP contribution in [0.3, 0.4) is 0 Å². The average molecular weight is 487 g/mol. The standard InChI is InChI=1S/C30H34N2O4/c1-3-16-31-30(34)26(18-23-9-5-4-6-10-23)32(20-25-11-7-8-22(2)17-25)29(33)15-13-24-12-14-27-28(19-24)36-21-35-27/h4-12,14,17,19,26H,3,13,15-16,18,20-21H2,1-2H3,(H,31,34)/t26-/m1/s1. The SMILES string of the molecule is CCCNC(=O)[C@@H](Cc1ccccc1)N(Cc1cccc(C)c1)C(=O)CCc1ccc2c(c1)OCO2. The normalized spacial score (nSPS) is 12.7. The summed E-state index contributed by atoms with van der Waals surface area (Å²) in [5.74, 6) is 1.26. The van der Waals surface area contributed by atoms with Gasteiger partial charge in [0.1, 0.15) is 6.04 Å². The molecule has 1 heterocycles. The van der Waals surface area contributed by atoms with Crippen LogP contribution in [0.25, 0.3) is 0 Å². The van der Waals surface area contributed by atoms with Gasteiger partial charge >= 0.3 is 0 Å². The van der Waals surface area contributed by atoms with Crippen molar-refractivity contribution in [2.24, 2.45) is 0 Å². The zero-order valence-corrected chi connectivity index (χ0v) is 21.0. The molecule has 0 fully saturated rings. The number of nitrogens with zero attached hydrogens (tertiary/aromatic N) is 1. The highest BCUT2D eigenvalue weighted by Gasteiger charge is 2.30. The van der Waals surface area contributed by atoms with Gasteiger partial charge < -0.3 is 19.7 Å². The average Bonchev–Trinajstić information content (AvgIpc) is 3.36. The number of aryl methyl sites for hydroxylation is 2. The number of ether oxygens (including phenoxy) is 2. The lowest BCUT2D eigenvalue weighted by Gasteiger charge is -2.32. The third kappa shape index (κ3) is 6.66. The van der Waals surface area contributed by atoms with E-state index in [1.54, 1.807) is 4.90 Å². The summed E-state index contributed by atoms with van der Waals surface area (Å²) < 4.78 is 10.9. The van der Waals surface area contributed by atoms with Crippen molar-refractivity contribution in [3.05, 3.63) is 95.1 Å². The summed E-state index contributed by atoms with van der Waals surface area (Å²) in [4.78, 5) is 28.9. The van der Waals surface area contributed by atoms with E-state index in [1.807, 2.05) is 80.6 Å². The second kappa shape index (κ2) is 12.2. The molecule has 6 heteroatoms. The highest BCUT2D eigenvalue weighted by atomic mass is 16.7. The van der Waals surface area contributed by atoms with Gasteiger partial charge in [-0.3, -0.25) is 9.59 Å². The van der Waals surface area contributed by atoms with Crippen molar-refractivity contribution in [3.8, 4) is 11.5 Å². The largest absolute Gasteiger partial charge is 0.454 e. The quantitative estimate of drug-likeness (QED) is 0.422. The summed E-state index contributed by atoms with van der Waals surface area (Å²) in [7, 11) is 0. The Bertz CT molecular complexity index is 1180. The molecule has 0 spiro atoms. The first-order valence-corrected chi connectivity index (χ1v) is 12.6. The van der Waals surface area contributed by atoms with E-state index in [4.69, 9.17) is 9.47 Å².